The fourth-order valence-electron chi connectivity index (χ4n) is 3.69. The van der Waals surface area contributed by atoms with Crippen molar-refractivity contribution in [3.05, 3.63) is 94.1 Å². The number of nitriles is 1. The van der Waals surface area contributed by atoms with Gasteiger partial charge >= 0.3 is 5.76 Å². The first-order valence-corrected chi connectivity index (χ1v) is 10.6. The fraction of sp³-hybridized carbons (Fsp3) is 0. The van der Waals surface area contributed by atoms with Crippen molar-refractivity contribution in [2.75, 3.05) is 10.6 Å². The molecular weight excluding hydrogens is 464 g/mol. The zero-order valence-corrected chi connectivity index (χ0v) is 18.3. The molecular formula is C25H16N6O5. The molecule has 0 aliphatic heterocycles. The molecule has 11 heteroatoms. The van der Waals surface area contributed by atoms with Gasteiger partial charge < -0.3 is 20.7 Å². The van der Waals surface area contributed by atoms with E-state index in [1.165, 1.54) is 30.3 Å². The molecule has 5 N–H and O–H groups in total. The van der Waals surface area contributed by atoms with Crippen LogP contribution >= 0.6 is 0 Å². The third-order valence-electron chi connectivity index (χ3n) is 5.39. The zero-order valence-electron chi connectivity index (χ0n) is 18.3. The van der Waals surface area contributed by atoms with E-state index in [1.54, 1.807) is 36.4 Å². The van der Waals surface area contributed by atoms with Crippen LogP contribution in [0.2, 0.25) is 0 Å². The average molecular weight is 480 g/mol. The predicted molar refractivity (Wildman–Crippen MR) is 130 cm³/mol. The Morgan fingerprint density at radius 1 is 0.944 bits per heavy atom. The van der Waals surface area contributed by atoms with E-state index in [2.05, 4.69) is 30.3 Å². The highest BCUT2D eigenvalue weighted by atomic mass is 16.5. The lowest BCUT2D eigenvalue weighted by atomic mass is 10.1. The lowest BCUT2D eigenvalue weighted by Crippen LogP contribution is -2.14. The van der Waals surface area contributed by atoms with Crippen LogP contribution in [0.5, 0.6) is 5.75 Å². The van der Waals surface area contributed by atoms with E-state index in [4.69, 9.17) is 0 Å². The Hall–Kier alpha value is -5.63. The molecule has 0 spiro atoms. The first-order valence-electron chi connectivity index (χ1n) is 10.6. The molecule has 0 aliphatic rings. The maximum atomic E-state index is 13.1. The molecule has 3 aromatic carbocycles. The second kappa shape index (κ2) is 8.96. The van der Waals surface area contributed by atoms with Crippen molar-refractivity contribution in [2.45, 2.75) is 0 Å². The molecule has 0 aliphatic carbocycles. The SMILES string of the molecule is N#Cc1ccc(NC(=O)c2cc3cccc(NC(=O)c4ccccc4O)c3[nH]2)c(-c2noc(=O)[nH]2)c1. The summed E-state index contributed by atoms with van der Waals surface area (Å²) in [5, 5.41) is 29.0. The van der Waals surface area contributed by atoms with Crippen LogP contribution < -0.4 is 16.4 Å². The van der Waals surface area contributed by atoms with Gasteiger partial charge in [0.05, 0.1) is 34.1 Å². The molecule has 0 saturated heterocycles. The maximum absolute atomic E-state index is 13.1. The second-order valence-electron chi connectivity index (χ2n) is 7.69. The van der Waals surface area contributed by atoms with E-state index in [1.807, 2.05) is 6.07 Å². The summed E-state index contributed by atoms with van der Waals surface area (Å²) in [6, 6.07) is 19.4. The summed E-state index contributed by atoms with van der Waals surface area (Å²) in [6.07, 6.45) is 0. The topological polar surface area (TPSA) is 177 Å². The average Bonchev–Trinajstić information content (AvgIpc) is 3.51. The first kappa shape index (κ1) is 22.2. The molecule has 2 amide bonds. The molecule has 0 atom stereocenters. The Kier molecular flexibility index (Phi) is 5.52. The molecule has 36 heavy (non-hydrogen) atoms. The van der Waals surface area contributed by atoms with E-state index in [-0.39, 0.29) is 28.5 Å². The lowest BCUT2D eigenvalue weighted by Gasteiger charge is -2.09. The number of aromatic hydroxyl groups is 1. The number of rotatable bonds is 5. The van der Waals surface area contributed by atoms with Crippen LogP contribution in [0, 0.1) is 11.3 Å². The van der Waals surface area contributed by atoms with Crippen molar-refractivity contribution >= 4 is 34.1 Å². The van der Waals surface area contributed by atoms with Gasteiger partial charge in [0.2, 0.25) is 0 Å². The standard InChI is InChI=1S/C25H16N6O5/c26-12-13-8-9-17(16(10-13)22-30-25(35)36-31-22)28-24(34)19-11-14-4-3-6-18(21(14)27-19)29-23(33)15-5-1-2-7-20(15)32/h1-11,27,32H,(H,28,34)(H,29,33)(H,30,31,35). The molecule has 0 bridgehead atoms. The van der Waals surface area contributed by atoms with Crippen molar-refractivity contribution in [3.8, 4) is 23.2 Å². The number of hydrogen-bond acceptors (Lipinski definition) is 7. The highest BCUT2D eigenvalue weighted by Gasteiger charge is 2.18. The summed E-state index contributed by atoms with van der Waals surface area (Å²) >= 11 is 0. The third kappa shape index (κ3) is 4.17. The van der Waals surface area contributed by atoms with Gasteiger partial charge in [-0.3, -0.25) is 19.1 Å². The van der Waals surface area contributed by atoms with Crippen molar-refractivity contribution in [2.24, 2.45) is 0 Å². The minimum atomic E-state index is -0.779. The molecule has 0 radical (unpaired) electrons. The normalized spacial score (nSPS) is 10.6. The second-order valence-corrected chi connectivity index (χ2v) is 7.69. The van der Waals surface area contributed by atoms with Gasteiger partial charge in [-0.25, -0.2) is 4.79 Å². The minimum absolute atomic E-state index is 0.0539. The summed E-state index contributed by atoms with van der Waals surface area (Å²) in [4.78, 5) is 42.6. The Balaban J connectivity index is 1.45. The first-order chi connectivity index (χ1) is 17.4. The third-order valence-corrected chi connectivity index (χ3v) is 5.39. The fourth-order valence-corrected chi connectivity index (χ4v) is 3.69. The molecule has 0 saturated carbocycles. The quantitative estimate of drug-likeness (QED) is 0.255. The van der Waals surface area contributed by atoms with Crippen LogP contribution in [0.15, 0.2) is 76.0 Å². The van der Waals surface area contributed by atoms with Crippen LogP contribution in [0.4, 0.5) is 11.4 Å². The summed E-state index contributed by atoms with van der Waals surface area (Å²) in [5.74, 6) is -1.90. The van der Waals surface area contributed by atoms with Crippen molar-refractivity contribution in [1.82, 2.24) is 15.1 Å². The molecule has 5 rings (SSSR count). The summed E-state index contributed by atoms with van der Waals surface area (Å²) in [7, 11) is 0. The molecule has 11 nitrogen and oxygen atoms in total. The monoisotopic (exact) mass is 480 g/mol. The molecule has 5 aromatic rings. The number of nitrogens with zero attached hydrogens (tertiary/aromatic N) is 2. The van der Waals surface area contributed by atoms with Crippen molar-refractivity contribution < 1.29 is 19.2 Å². The number of carbonyl (C=O) groups is 2. The Bertz CT molecular complexity index is 1740. The van der Waals surface area contributed by atoms with Gasteiger partial charge in [0.15, 0.2) is 5.82 Å². The van der Waals surface area contributed by atoms with E-state index >= 15 is 0 Å². The Morgan fingerprint density at radius 3 is 2.50 bits per heavy atom. The van der Waals surface area contributed by atoms with Gasteiger partial charge in [-0.05, 0) is 42.5 Å². The summed E-state index contributed by atoms with van der Waals surface area (Å²) in [5.41, 5.74) is 2.10. The van der Waals surface area contributed by atoms with Gasteiger partial charge in [-0.15, -0.1) is 0 Å². The van der Waals surface area contributed by atoms with Crippen LogP contribution in [0.3, 0.4) is 0 Å². The number of phenols is 1. The number of anilines is 2. The summed E-state index contributed by atoms with van der Waals surface area (Å²) in [6.45, 7) is 0. The van der Waals surface area contributed by atoms with Gasteiger partial charge in [0.1, 0.15) is 11.4 Å². The number of nitrogens with one attached hydrogen (secondary N) is 4. The summed E-state index contributed by atoms with van der Waals surface area (Å²) < 4.78 is 4.55. The number of aromatic amines is 2. The number of aromatic nitrogens is 3. The molecule has 176 valence electrons. The smallest absolute Gasteiger partial charge is 0.439 e. The molecule has 0 unspecified atom stereocenters. The van der Waals surface area contributed by atoms with Crippen molar-refractivity contribution in [1.29, 1.82) is 5.26 Å². The molecule has 2 aromatic heterocycles. The van der Waals surface area contributed by atoms with E-state index in [0.717, 1.165) is 0 Å². The van der Waals surface area contributed by atoms with Gasteiger partial charge in [-0.2, -0.15) is 5.26 Å². The van der Waals surface area contributed by atoms with E-state index in [0.29, 0.717) is 27.7 Å². The number of amides is 2. The van der Waals surface area contributed by atoms with Gasteiger partial charge in [0, 0.05) is 10.9 Å². The van der Waals surface area contributed by atoms with E-state index in [9.17, 15) is 24.8 Å². The number of fused-ring (bicyclic) bond motifs is 1. The number of benzene rings is 3. The number of phenolic OH excluding ortho intramolecular Hbond substituents is 1. The number of para-hydroxylation sites is 2. The van der Waals surface area contributed by atoms with E-state index < -0.39 is 17.6 Å². The minimum Gasteiger partial charge on any atom is -0.507 e. The maximum Gasteiger partial charge on any atom is 0.439 e. The Morgan fingerprint density at radius 2 is 1.75 bits per heavy atom. The highest BCUT2D eigenvalue weighted by Crippen LogP contribution is 2.29. The predicted octanol–water partition coefficient (Wildman–Crippen LogP) is 3.59. The Labute approximate surface area is 202 Å². The van der Waals surface area contributed by atoms with Crippen molar-refractivity contribution in [3.63, 3.8) is 0 Å². The van der Waals surface area contributed by atoms with Crippen LogP contribution in [-0.4, -0.2) is 32.0 Å². The van der Waals surface area contributed by atoms with Gasteiger partial charge in [0.25, 0.3) is 11.8 Å². The largest absolute Gasteiger partial charge is 0.507 e. The van der Waals surface area contributed by atoms with Crippen LogP contribution in [-0.2, 0) is 0 Å². The number of carbonyl (C=O) groups excluding carboxylic acids is 2. The molecule has 0 fully saturated rings. The van der Waals surface area contributed by atoms with Crippen LogP contribution in [0.25, 0.3) is 22.3 Å². The number of hydrogen-bond donors (Lipinski definition) is 5. The highest BCUT2D eigenvalue weighted by molar-refractivity contribution is 6.12. The van der Waals surface area contributed by atoms with Gasteiger partial charge in [-0.1, -0.05) is 29.4 Å². The van der Waals surface area contributed by atoms with Crippen LogP contribution in [0.1, 0.15) is 26.4 Å². The zero-order chi connectivity index (χ0) is 25.2. The number of H-pyrrole nitrogens is 2. The molecule has 2 heterocycles. The lowest BCUT2D eigenvalue weighted by molar-refractivity contribution is 0.101.